The third-order valence-corrected chi connectivity index (χ3v) is 7.97. The normalized spacial score (nSPS) is 14.1. The smallest absolute Gasteiger partial charge is 0.355 e. The number of aromatic nitrogens is 4. The van der Waals surface area contributed by atoms with Gasteiger partial charge in [-0.1, -0.05) is 103 Å². The van der Waals surface area contributed by atoms with Crippen molar-refractivity contribution in [1.29, 1.82) is 0 Å². The van der Waals surface area contributed by atoms with Gasteiger partial charge in [0.2, 0.25) is 0 Å². The average molecular weight is 586 g/mol. The van der Waals surface area contributed by atoms with Crippen LogP contribution >= 0.6 is 7.60 Å². The van der Waals surface area contributed by atoms with Crippen LogP contribution in [0.1, 0.15) is 110 Å². The van der Waals surface area contributed by atoms with Gasteiger partial charge < -0.3 is 29.8 Å². The second-order valence-corrected chi connectivity index (χ2v) is 12.3. The van der Waals surface area contributed by atoms with Crippen molar-refractivity contribution in [3.8, 4) is 0 Å². The summed E-state index contributed by atoms with van der Waals surface area (Å²) < 4.78 is 29.7. The maximum absolute atomic E-state index is 12.3. The van der Waals surface area contributed by atoms with Gasteiger partial charge in [0, 0.05) is 6.61 Å². The maximum Gasteiger partial charge on any atom is 0.355 e. The number of aliphatic hydroxyl groups is 1. The molecule has 0 aliphatic heterocycles. The second kappa shape index (κ2) is 21.1. The second-order valence-electron chi connectivity index (χ2n) is 10.5. The average Bonchev–Trinajstić information content (AvgIpc) is 3.36. The van der Waals surface area contributed by atoms with Crippen LogP contribution in [0.4, 0.5) is 5.82 Å². The molecule has 0 saturated heterocycles. The minimum absolute atomic E-state index is 0.166. The van der Waals surface area contributed by atoms with E-state index in [0.717, 1.165) is 12.8 Å². The molecule has 2 heterocycles. The van der Waals surface area contributed by atoms with Crippen LogP contribution in [0.15, 0.2) is 12.7 Å². The fraction of sp³-hybridized carbons (Fsp3) is 0.821. The Bertz CT molecular complexity index is 962. The summed E-state index contributed by atoms with van der Waals surface area (Å²) in [5.74, 6) is 0.248. The number of rotatable bonds is 26. The highest BCUT2D eigenvalue weighted by Gasteiger charge is 2.23. The summed E-state index contributed by atoms with van der Waals surface area (Å²) in [5, 5.41) is 9.64. The van der Waals surface area contributed by atoms with Crippen molar-refractivity contribution in [2.45, 2.75) is 122 Å². The minimum Gasteiger partial charge on any atom is -0.394 e. The number of hydrogen-bond acceptors (Lipinski definition) is 9. The number of aliphatic hydroxyl groups excluding tert-OH is 1. The van der Waals surface area contributed by atoms with Crippen molar-refractivity contribution in [1.82, 2.24) is 19.5 Å². The SMILES string of the molecule is CCCCCCCCCCCCCCCCCCOCOP(=O)(O)CO[C@H](CO)Cn1cnc2c(N)ncnc21. The van der Waals surface area contributed by atoms with Gasteiger partial charge in [0.25, 0.3) is 0 Å². The monoisotopic (exact) mass is 585 g/mol. The molecule has 2 atom stereocenters. The third-order valence-electron chi connectivity index (χ3n) is 6.99. The quantitative estimate of drug-likeness (QED) is 0.0662. The molecular formula is C28H52N5O6P. The molecule has 0 saturated carbocycles. The number of imidazole rings is 1. The number of anilines is 1. The zero-order valence-electron chi connectivity index (χ0n) is 24.4. The molecule has 0 spiro atoms. The van der Waals surface area contributed by atoms with Crippen molar-refractivity contribution in [3.63, 3.8) is 0 Å². The Morgan fingerprint density at radius 2 is 1.48 bits per heavy atom. The van der Waals surface area contributed by atoms with E-state index in [2.05, 4.69) is 21.9 Å². The van der Waals surface area contributed by atoms with Gasteiger partial charge in [0.05, 0.1) is 25.6 Å². The molecule has 40 heavy (non-hydrogen) atoms. The highest BCUT2D eigenvalue weighted by Crippen LogP contribution is 2.42. The van der Waals surface area contributed by atoms with E-state index in [-0.39, 0.29) is 25.8 Å². The predicted molar refractivity (Wildman–Crippen MR) is 158 cm³/mol. The first kappa shape index (κ1) is 34.6. The van der Waals surface area contributed by atoms with Crippen LogP contribution in [0.5, 0.6) is 0 Å². The molecular weight excluding hydrogens is 533 g/mol. The van der Waals surface area contributed by atoms with Crippen molar-refractivity contribution in [2.24, 2.45) is 0 Å². The zero-order chi connectivity index (χ0) is 28.9. The summed E-state index contributed by atoms with van der Waals surface area (Å²) in [6.07, 6.45) is 22.4. The van der Waals surface area contributed by atoms with Gasteiger partial charge in [-0.2, -0.15) is 0 Å². The molecule has 4 N–H and O–H groups in total. The lowest BCUT2D eigenvalue weighted by atomic mass is 10.0. The van der Waals surface area contributed by atoms with E-state index >= 15 is 0 Å². The van der Waals surface area contributed by atoms with E-state index in [4.69, 9.17) is 19.7 Å². The van der Waals surface area contributed by atoms with Crippen LogP contribution in [0.2, 0.25) is 0 Å². The Morgan fingerprint density at radius 3 is 2.05 bits per heavy atom. The Kier molecular flexibility index (Phi) is 18.3. The number of nitrogens with two attached hydrogens (primary N) is 1. The third kappa shape index (κ3) is 14.8. The first-order chi connectivity index (χ1) is 19.5. The number of ether oxygens (including phenoxy) is 2. The van der Waals surface area contributed by atoms with Gasteiger partial charge in [-0.3, -0.25) is 9.09 Å². The summed E-state index contributed by atoms with van der Waals surface area (Å²) in [6, 6.07) is 0. The highest BCUT2D eigenvalue weighted by atomic mass is 31.2. The van der Waals surface area contributed by atoms with E-state index in [1.54, 1.807) is 4.57 Å². The molecule has 2 rings (SSSR count). The molecule has 0 aromatic carbocycles. The summed E-state index contributed by atoms with van der Waals surface area (Å²) >= 11 is 0. The van der Waals surface area contributed by atoms with E-state index in [0.29, 0.717) is 17.8 Å². The van der Waals surface area contributed by atoms with E-state index in [9.17, 15) is 14.6 Å². The number of hydrogen-bond donors (Lipinski definition) is 3. The van der Waals surface area contributed by atoms with Crippen LogP contribution in [-0.4, -0.2) is 62.0 Å². The Balaban J connectivity index is 1.41. The standard InChI is InChI=1S/C28H52N5O6P/c1-2-3-4-5-6-7-8-9-10-11-12-13-14-15-16-17-18-37-23-39-40(35,36)24-38-25(20-34)19-33-22-32-26-27(29)30-21-31-28(26)33/h21-22,25,34H,2-20,23-24H2,1H3,(H,35,36)(H2,29,30,31)/t25-/m0/s1. The Morgan fingerprint density at radius 1 is 0.900 bits per heavy atom. The van der Waals surface area contributed by atoms with Gasteiger partial charge in [0.15, 0.2) is 18.3 Å². The number of fused-ring (bicyclic) bond motifs is 1. The predicted octanol–water partition coefficient (Wildman–Crippen LogP) is 6.18. The lowest BCUT2D eigenvalue weighted by Gasteiger charge is -2.18. The summed E-state index contributed by atoms with van der Waals surface area (Å²) in [4.78, 5) is 22.2. The first-order valence-corrected chi connectivity index (χ1v) is 16.9. The van der Waals surface area contributed by atoms with Gasteiger partial charge in [-0.15, -0.1) is 0 Å². The summed E-state index contributed by atoms with van der Waals surface area (Å²) in [5.41, 5.74) is 6.71. The molecule has 1 unspecified atom stereocenters. The van der Waals surface area contributed by atoms with Crippen molar-refractivity contribution < 1.29 is 28.6 Å². The highest BCUT2D eigenvalue weighted by molar-refractivity contribution is 7.52. The van der Waals surface area contributed by atoms with Crippen molar-refractivity contribution in [2.75, 3.05) is 32.1 Å². The number of nitrogen functional groups attached to an aromatic ring is 1. The molecule has 0 amide bonds. The maximum atomic E-state index is 12.3. The molecule has 0 bridgehead atoms. The van der Waals surface area contributed by atoms with E-state index < -0.39 is 20.0 Å². The molecule has 11 nitrogen and oxygen atoms in total. The van der Waals surface area contributed by atoms with Gasteiger partial charge in [-0.25, -0.2) is 15.0 Å². The van der Waals surface area contributed by atoms with Crippen LogP contribution < -0.4 is 5.73 Å². The van der Waals surface area contributed by atoms with Crippen LogP contribution in [-0.2, 0) is 25.1 Å². The van der Waals surface area contributed by atoms with Crippen LogP contribution in [0, 0.1) is 0 Å². The molecule has 12 heteroatoms. The molecule has 2 aromatic heterocycles. The first-order valence-electron chi connectivity index (χ1n) is 15.1. The van der Waals surface area contributed by atoms with Crippen molar-refractivity contribution in [3.05, 3.63) is 12.7 Å². The molecule has 0 radical (unpaired) electrons. The lowest BCUT2D eigenvalue weighted by molar-refractivity contribution is -0.0108. The van der Waals surface area contributed by atoms with Crippen LogP contribution in [0.3, 0.4) is 0 Å². The molecule has 0 aliphatic rings. The van der Waals surface area contributed by atoms with Crippen molar-refractivity contribution >= 4 is 24.6 Å². The molecule has 2 aromatic rings. The molecule has 230 valence electrons. The topological polar surface area (TPSA) is 155 Å². The number of unbranched alkanes of at least 4 members (excludes halogenated alkanes) is 15. The largest absolute Gasteiger partial charge is 0.394 e. The number of nitrogens with zero attached hydrogens (tertiary/aromatic N) is 4. The van der Waals surface area contributed by atoms with E-state index in [1.807, 2.05) is 0 Å². The molecule has 0 aliphatic carbocycles. The van der Waals surface area contributed by atoms with Gasteiger partial charge in [-0.05, 0) is 6.42 Å². The van der Waals surface area contributed by atoms with E-state index in [1.165, 1.54) is 103 Å². The fourth-order valence-electron chi connectivity index (χ4n) is 4.58. The summed E-state index contributed by atoms with van der Waals surface area (Å²) in [6.45, 7) is 2.27. The lowest BCUT2D eigenvalue weighted by Crippen LogP contribution is -2.24. The van der Waals surface area contributed by atoms with Gasteiger partial charge >= 0.3 is 7.60 Å². The minimum atomic E-state index is -4.03. The summed E-state index contributed by atoms with van der Waals surface area (Å²) in [7, 11) is -4.03. The Hall–Kier alpha value is -1.62. The molecule has 0 fully saturated rings. The Labute approximate surface area is 239 Å². The fourth-order valence-corrected chi connectivity index (χ4v) is 5.30. The van der Waals surface area contributed by atoms with Gasteiger partial charge in [0.1, 0.15) is 18.2 Å². The van der Waals surface area contributed by atoms with Crippen LogP contribution in [0.25, 0.3) is 11.2 Å². The zero-order valence-corrected chi connectivity index (χ0v) is 25.3.